The number of carbonyl (C=O) groups excluding carboxylic acids is 1. The number of hydrogen-bond acceptors (Lipinski definition) is 5. The summed E-state index contributed by atoms with van der Waals surface area (Å²) in [6, 6.07) is 10.1. The number of sulfonamides is 1. The summed E-state index contributed by atoms with van der Waals surface area (Å²) in [5.41, 5.74) is 3.62. The van der Waals surface area contributed by atoms with Crippen LogP contribution in [-0.4, -0.2) is 40.8 Å². The Morgan fingerprint density at radius 3 is 2.29 bits per heavy atom. The lowest BCUT2D eigenvalue weighted by molar-refractivity contribution is -0.122. The fourth-order valence-electron chi connectivity index (χ4n) is 3.49. The summed E-state index contributed by atoms with van der Waals surface area (Å²) in [5, 5.41) is 2.90. The third-order valence-electron chi connectivity index (χ3n) is 5.22. The van der Waals surface area contributed by atoms with Crippen LogP contribution in [0.3, 0.4) is 0 Å². The van der Waals surface area contributed by atoms with Gasteiger partial charge in [-0.05, 0) is 48.6 Å². The molecule has 0 spiro atoms. The third-order valence-corrected chi connectivity index (χ3v) is 6.45. The molecule has 1 atom stereocenters. The normalized spacial score (nSPS) is 12.2. The Balaban J connectivity index is 2.33. The molecule has 2 aromatic rings. The van der Waals surface area contributed by atoms with E-state index in [0.29, 0.717) is 18.0 Å². The summed E-state index contributed by atoms with van der Waals surface area (Å²) in [7, 11) is -0.853. The first-order valence-electron chi connectivity index (χ1n) is 10.3. The van der Waals surface area contributed by atoms with Gasteiger partial charge >= 0.3 is 0 Å². The van der Waals surface area contributed by atoms with Crippen molar-refractivity contribution in [1.29, 1.82) is 0 Å². The molecular weight excluding hydrogens is 416 g/mol. The van der Waals surface area contributed by atoms with Crippen LogP contribution in [0.4, 0.5) is 5.69 Å². The topological polar surface area (TPSA) is 84.9 Å². The van der Waals surface area contributed by atoms with Crippen molar-refractivity contribution in [3.05, 3.63) is 53.1 Å². The molecule has 1 amide bonds. The van der Waals surface area contributed by atoms with Crippen LogP contribution in [0.2, 0.25) is 0 Å². The zero-order chi connectivity index (χ0) is 23.2. The smallest absolute Gasteiger partial charge is 0.243 e. The molecule has 170 valence electrons. The lowest BCUT2D eigenvalue weighted by Gasteiger charge is -2.29. The zero-order valence-electron chi connectivity index (χ0n) is 19.1. The van der Waals surface area contributed by atoms with Crippen LogP contribution in [0, 0.1) is 0 Å². The molecule has 0 aliphatic rings. The van der Waals surface area contributed by atoms with E-state index in [4.69, 9.17) is 9.47 Å². The van der Waals surface area contributed by atoms with Gasteiger partial charge in [-0.25, -0.2) is 8.42 Å². The van der Waals surface area contributed by atoms with Gasteiger partial charge < -0.3 is 14.8 Å². The van der Waals surface area contributed by atoms with Crippen LogP contribution in [0.15, 0.2) is 36.4 Å². The Labute approximate surface area is 185 Å². The molecular formula is C23H32N2O5S. The van der Waals surface area contributed by atoms with E-state index in [-0.39, 0.29) is 5.69 Å². The lowest BCUT2D eigenvalue weighted by atomic mass is 10.0. The number of aryl methyl sites for hydroxylation is 2. The summed E-state index contributed by atoms with van der Waals surface area (Å²) in [5.74, 6) is 0.384. The number of benzene rings is 2. The predicted octanol–water partition coefficient (Wildman–Crippen LogP) is 3.30. The number of nitrogens with zero attached hydrogens (tertiary/aromatic N) is 1. The van der Waals surface area contributed by atoms with Crippen molar-refractivity contribution in [3.63, 3.8) is 0 Å². The van der Waals surface area contributed by atoms with Gasteiger partial charge in [0, 0.05) is 12.6 Å². The van der Waals surface area contributed by atoms with Crippen molar-refractivity contribution in [3.8, 4) is 11.5 Å². The second kappa shape index (κ2) is 10.5. The van der Waals surface area contributed by atoms with Crippen molar-refractivity contribution >= 4 is 21.6 Å². The maximum atomic E-state index is 13.0. The maximum Gasteiger partial charge on any atom is 0.243 e. The minimum absolute atomic E-state index is 0.245. The van der Waals surface area contributed by atoms with Crippen molar-refractivity contribution < 1.29 is 22.7 Å². The Hall–Kier alpha value is -2.74. The second-order valence-corrected chi connectivity index (χ2v) is 9.16. The van der Waals surface area contributed by atoms with Crippen molar-refractivity contribution in [2.75, 3.05) is 24.8 Å². The number of anilines is 1. The van der Waals surface area contributed by atoms with E-state index in [0.717, 1.165) is 34.5 Å². The average molecular weight is 449 g/mol. The highest BCUT2D eigenvalue weighted by molar-refractivity contribution is 7.92. The van der Waals surface area contributed by atoms with Crippen LogP contribution in [0.5, 0.6) is 11.5 Å². The molecule has 0 saturated heterocycles. The van der Waals surface area contributed by atoms with Gasteiger partial charge in [0.05, 0.1) is 26.2 Å². The molecule has 0 aromatic heterocycles. The Morgan fingerprint density at radius 2 is 1.74 bits per heavy atom. The minimum atomic E-state index is -3.79. The largest absolute Gasteiger partial charge is 0.497 e. The Bertz CT molecular complexity index is 1020. The van der Waals surface area contributed by atoms with Crippen molar-refractivity contribution in [1.82, 2.24) is 5.32 Å². The quantitative estimate of drug-likeness (QED) is 0.603. The number of hydrogen-bond donors (Lipinski definition) is 1. The molecule has 0 aliphatic heterocycles. The fraction of sp³-hybridized carbons (Fsp3) is 0.435. The number of nitrogens with one attached hydrogen (secondary N) is 1. The van der Waals surface area contributed by atoms with E-state index in [2.05, 4.69) is 37.4 Å². The first-order valence-corrected chi connectivity index (χ1v) is 12.1. The van der Waals surface area contributed by atoms with E-state index >= 15 is 0 Å². The van der Waals surface area contributed by atoms with Gasteiger partial charge in [-0.15, -0.1) is 0 Å². The molecule has 0 saturated carbocycles. The Kier molecular flexibility index (Phi) is 8.33. The highest BCUT2D eigenvalue weighted by Gasteiger charge is 2.31. The highest BCUT2D eigenvalue weighted by Crippen LogP contribution is 2.35. The van der Waals surface area contributed by atoms with E-state index < -0.39 is 22.0 Å². The summed E-state index contributed by atoms with van der Waals surface area (Å²) in [6.45, 7) is 6.03. The van der Waals surface area contributed by atoms with Gasteiger partial charge in [-0.3, -0.25) is 9.10 Å². The first kappa shape index (κ1) is 24.5. The molecule has 7 nitrogen and oxygen atoms in total. The molecule has 0 aliphatic carbocycles. The molecule has 1 N–H and O–H groups in total. The molecule has 0 heterocycles. The molecule has 0 radical (unpaired) electrons. The molecule has 0 bridgehead atoms. The molecule has 2 aromatic carbocycles. The summed E-state index contributed by atoms with van der Waals surface area (Å²) in [4.78, 5) is 13.0. The first-order chi connectivity index (χ1) is 14.7. The van der Waals surface area contributed by atoms with Crippen LogP contribution in [-0.2, 0) is 34.2 Å². The lowest BCUT2D eigenvalue weighted by Crippen LogP contribution is -2.47. The second-order valence-electron chi connectivity index (χ2n) is 7.30. The number of amides is 1. The zero-order valence-corrected chi connectivity index (χ0v) is 19.9. The number of rotatable bonds is 10. The number of carbonyl (C=O) groups is 1. The number of methoxy groups -OCH3 is 2. The van der Waals surface area contributed by atoms with Crippen LogP contribution in [0.25, 0.3) is 0 Å². The van der Waals surface area contributed by atoms with Crippen LogP contribution < -0.4 is 19.1 Å². The van der Waals surface area contributed by atoms with E-state index in [1.165, 1.54) is 19.8 Å². The van der Waals surface area contributed by atoms with Gasteiger partial charge in [0.15, 0.2) is 0 Å². The molecule has 0 unspecified atom stereocenters. The Morgan fingerprint density at radius 1 is 1.03 bits per heavy atom. The molecule has 8 heteroatoms. The number of ether oxygens (including phenoxy) is 2. The standard InChI is InChI=1S/C23H32N2O5S/c1-7-17-9-10-18(8-2)19(13-17)15-24-23(26)16(3)25(31(6,27)28)21-14-20(29-4)11-12-22(21)30-5/h9-14,16H,7-8,15H2,1-6H3,(H,24,26)/t16-/m1/s1. The van der Waals surface area contributed by atoms with Crippen molar-refractivity contribution in [2.24, 2.45) is 0 Å². The summed E-state index contributed by atoms with van der Waals surface area (Å²) in [6.07, 6.45) is 2.82. The fourth-order valence-corrected chi connectivity index (χ4v) is 4.66. The van der Waals surface area contributed by atoms with E-state index in [9.17, 15) is 13.2 Å². The van der Waals surface area contributed by atoms with Gasteiger partial charge in [0.25, 0.3) is 0 Å². The summed E-state index contributed by atoms with van der Waals surface area (Å²) < 4.78 is 36.9. The monoisotopic (exact) mass is 448 g/mol. The summed E-state index contributed by atoms with van der Waals surface area (Å²) >= 11 is 0. The minimum Gasteiger partial charge on any atom is -0.497 e. The van der Waals surface area contributed by atoms with Gasteiger partial charge in [-0.2, -0.15) is 0 Å². The third kappa shape index (κ3) is 5.91. The van der Waals surface area contributed by atoms with Gasteiger partial charge in [0.1, 0.15) is 17.5 Å². The van der Waals surface area contributed by atoms with Crippen molar-refractivity contribution in [2.45, 2.75) is 46.2 Å². The van der Waals surface area contributed by atoms with Crippen LogP contribution in [0.1, 0.15) is 37.5 Å². The SMILES string of the molecule is CCc1ccc(CC)c(CNC(=O)[C@@H](C)N(c2cc(OC)ccc2OC)S(C)(=O)=O)c1. The van der Waals surface area contributed by atoms with E-state index in [1.54, 1.807) is 25.1 Å². The van der Waals surface area contributed by atoms with E-state index in [1.807, 2.05) is 0 Å². The molecule has 0 fully saturated rings. The maximum absolute atomic E-state index is 13.0. The molecule has 31 heavy (non-hydrogen) atoms. The van der Waals surface area contributed by atoms with Gasteiger partial charge in [0.2, 0.25) is 15.9 Å². The molecule has 2 rings (SSSR count). The average Bonchev–Trinajstić information content (AvgIpc) is 2.76. The predicted molar refractivity (Wildman–Crippen MR) is 123 cm³/mol. The van der Waals surface area contributed by atoms with Crippen LogP contribution >= 0.6 is 0 Å². The van der Waals surface area contributed by atoms with Gasteiger partial charge in [-0.1, -0.05) is 32.0 Å². The highest BCUT2D eigenvalue weighted by atomic mass is 32.2.